The average Bonchev–Trinajstić information content (AvgIpc) is 2.77. The monoisotopic (exact) mass is 249 g/mol. The van der Waals surface area contributed by atoms with Gasteiger partial charge in [0.05, 0.1) is 23.6 Å². The second-order valence-corrected chi connectivity index (χ2v) is 3.89. The Morgan fingerprint density at radius 1 is 1.56 bits per heavy atom. The molecule has 1 atom stereocenters. The molecular formula is C12H12FN3O2. The number of benzene rings is 1. The topological polar surface area (TPSA) is 81.1 Å². The molecule has 2 aromatic rings. The van der Waals surface area contributed by atoms with E-state index in [1.807, 2.05) is 0 Å². The van der Waals surface area contributed by atoms with E-state index in [4.69, 9.17) is 5.73 Å². The second kappa shape index (κ2) is 4.58. The number of aliphatic hydroxyl groups excluding tert-OH is 1. The van der Waals surface area contributed by atoms with E-state index in [1.54, 1.807) is 6.07 Å². The van der Waals surface area contributed by atoms with E-state index in [0.717, 1.165) is 0 Å². The number of halogens is 1. The molecule has 3 N–H and O–H groups in total. The number of nitrogens with zero attached hydrogens (tertiary/aromatic N) is 2. The number of amides is 1. The summed E-state index contributed by atoms with van der Waals surface area (Å²) in [6, 6.07) is 4.36. The van der Waals surface area contributed by atoms with Gasteiger partial charge in [-0.3, -0.25) is 4.79 Å². The Labute approximate surface area is 103 Å². The Bertz CT molecular complexity index is 593. The van der Waals surface area contributed by atoms with E-state index in [-0.39, 0.29) is 11.1 Å². The summed E-state index contributed by atoms with van der Waals surface area (Å²) < 4.78 is 15.0. The van der Waals surface area contributed by atoms with Crippen molar-refractivity contribution in [2.45, 2.75) is 13.0 Å². The quantitative estimate of drug-likeness (QED) is 0.856. The summed E-state index contributed by atoms with van der Waals surface area (Å²) in [7, 11) is 0. The highest BCUT2D eigenvalue weighted by Gasteiger charge is 2.16. The molecule has 0 radical (unpaired) electrons. The molecule has 0 bridgehead atoms. The third kappa shape index (κ3) is 2.10. The summed E-state index contributed by atoms with van der Waals surface area (Å²) in [4.78, 5) is 11.0. The molecule has 1 unspecified atom stereocenters. The number of carbonyl (C=O) groups is 1. The van der Waals surface area contributed by atoms with Crippen molar-refractivity contribution >= 4 is 5.91 Å². The van der Waals surface area contributed by atoms with Crippen LogP contribution in [0.25, 0.3) is 5.69 Å². The van der Waals surface area contributed by atoms with Gasteiger partial charge in [0.15, 0.2) is 0 Å². The maximum absolute atomic E-state index is 13.7. The van der Waals surface area contributed by atoms with Crippen molar-refractivity contribution in [2.75, 3.05) is 0 Å². The van der Waals surface area contributed by atoms with Crippen LogP contribution in [-0.2, 0) is 0 Å². The number of primary amides is 1. The fraction of sp³-hybridized carbons (Fsp3) is 0.167. The maximum Gasteiger partial charge on any atom is 0.251 e. The van der Waals surface area contributed by atoms with E-state index in [9.17, 15) is 14.3 Å². The highest BCUT2D eigenvalue weighted by atomic mass is 19.1. The van der Waals surface area contributed by atoms with Gasteiger partial charge >= 0.3 is 0 Å². The van der Waals surface area contributed by atoms with Crippen LogP contribution in [0, 0.1) is 5.82 Å². The van der Waals surface area contributed by atoms with Gasteiger partial charge in [0.2, 0.25) is 0 Å². The first-order chi connectivity index (χ1) is 8.50. The molecule has 0 aliphatic carbocycles. The minimum atomic E-state index is -0.984. The molecule has 2 rings (SSSR count). The number of carbonyl (C=O) groups excluding carboxylic acids is 1. The van der Waals surface area contributed by atoms with Gasteiger partial charge in [-0.05, 0) is 19.1 Å². The maximum atomic E-state index is 13.7. The summed E-state index contributed by atoms with van der Waals surface area (Å²) in [5.74, 6) is -1.14. The molecule has 1 heterocycles. The van der Waals surface area contributed by atoms with Crippen LogP contribution in [-0.4, -0.2) is 20.8 Å². The lowest BCUT2D eigenvalue weighted by atomic mass is 10.1. The molecule has 6 heteroatoms. The van der Waals surface area contributed by atoms with Crippen LogP contribution < -0.4 is 5.73 Å². The van der Waals surface area contributed by atoms with Crippen molar-refractivity contribution in [2.24, 2.45) is 5.73 Å². The second-order valence-electron chi connectivity index (χ2n) is 3.89. The Morgan fingerprint density at radius 3 is 2.83 bits per heavy atom. The third-order valence-corrected chi connectivity index (χ3v) is 2.56. The van der Waals surface area contributed by atoms with Crippen molar-refractivity contribution in [3.05, 3.63) is 47.5 Å². The van der Waals surface area contributed by atoms with Crippen molar-refractivity contribution in [3.8, 4) is 5.69 Å². The van der Waals surface area contributed by atoms with Crippen LogP contribution in [0.15, 0.2) is 30.6 Å². The molecule has 0 fully saturated rings. The predicted octanol–water partition coefficient (Wildman–Crippen LogP) is 1.16. The number of aromatic nitrogens is 2. The van der Waals surface area contributed by atoms with Crippen LogP contribution >= 0.6 is 0 Å². The van der Waals surface area contributed by atoms with Crippen molar-refractivity contribution < 1.29 is 14.3 Å². The third-order valence-electron chi connectivity index (χ3n) is 2.56. The fourth-order valence-corrected chi connectivity index (χ4v) is 1.72. The van der Waals surface area contributed by atoms with E-state index in [2.05, 4.69) is 5.10 Å². The summed E-state index contributed by atoms with van der Waals surface area (Å²) >= 11 is 0. The number of nitrogens with two attached hydrogens (primary N) is 1. The number of hydrogen-bond acceptors (Lipinski definition) is 3. The molecule has 1 aromatic carbocycles. The molecule has 94 valence electrons. The van der Waals surface area contributed by atoms with Gasteiger partial charge in [-0.2, -0.15) is 5.10 Å². The normalized spacial score (nSPS) is 12.4. The van der Waals surface area contributed by atoms with Gasteiger partial charge in [0.25, 0.3) is 5.91 Å². The lowest BCUT2D eigenvalue weighted by molar-refractivity contribution is 0.100. The molecule has 1 aromatic heterocycles. The van der Waals surface area contributed by atoms with Crippen molar-refractivity contribution in [1.29, 1.82) is 0 Å². The molecule has 0 spiro atoms. The Kier molecular flexibility index (Phi) is 3.12. The molecule has 5 nitrogen and oxygen atoms in total. The first-order valence-electron chi connectivity index (χ1n) is 5.32. The smallest absolute Gasteiger partial charge is 0.251 e. The zero-order valence-electron chi connectivity index (χ0n) is 9.67. The van der Waals surface area contributed by atoms with Gasteiger partial charge < -0.3 is 10.8 Å². The fourth-order valence-electron chi connectivity index (χ4n) is 1.72. The number of rotatable bonds is 3. The summed E-state index contributed by atoms with van der Waals surface area (Å²) in [6.45, 7) is 1.46. The Hall–Kier alpha value is -2.21. The van der Waals surface area contributed by atoms with Gasteiger partial charge in [-0.25, -0.2) is 9.07 Å². The standard InChI is InChI=1S/C12H12FN3O2/c1-7(17)11-9(13)3-2-4-10(11)16-6-8(5-15-16)12(14)18/h2-7,17H,1H3,(H2,14,18). The molecule has 1 amide bonds. The largest absolute Gasteiger partial charge is 0.389 e. The molecule has 0 aliphatic heterocycles. The van der Waals surface area contributed by atoms with E-state index in [0.29, 0.717) is 5.69 Å². The van der Waals surface area contributed by atoms with Crippen LogP contribution in [0.5, 0.6) is 0 Å². The van der Waals surface area contributed by atoms with E-state index in [1.165, 1.54) is 36.1 Å². The molecular weight excluding hydrogens is 237 g/mol. The molecule has 18 heavy (non-hydrogen) atoms. The Balaban J connectivity index is 2.56. The summed E-state index contributed by atoms with van der Waals surface area (Å²) in [6.07, 6.45) is 1.70. The van der Waals surface area contributed by atoms with Gasteiger partial charge in [0.1, 0.15) is 5.82 Å². The SMILES string of the molecule is CC(O)c1c(F)cccc1-n1cc(C(N)=O)cn1. The van der Waals surface area contributed by atoms with Gasteiger partial charge in [-0.1, -0.05) is 6.07 Å². The van der Waals surface area contributed by atoms with Crippen molar-refractivity contribution in [3.63, 3.8) is 0 Å². The van der Waals surface area contributed by atoms with E-state index < -0.39 is 17.8 Å². The zero-order chi connectivity index (χ0) is 13.3. The summed E-state index contributed by atoms with van der Waals surface area (Å²) in [5.41, 5.74) is 5.83. The highest BCUT2D eigenvalue weighted by Crippen LogP contribution is 2.24. The van der Waals surface area contributed by atoms with Crippen LogP contribution in [0.1, 0.15) is 28.9 Å². The van der Waals surface area contributed by atoms with E-state index >= 15 is 0 Å². The van der Waals surface area contributed by atoms with Gasteiger partial charge in [-0.15, -0.1) is 0 Å². The number of hydrogen-bond donors (Lipinski definition) is 2. The molecule has 0 saturated carbocycles. The zero-order valence-corrected chi connectivity index (χ0v) is 9.67. The lowest BCUT2D eigenvalue weighted by Crippen LogP contribution is -2.10. The number of aliphatic hydroxyl groups is 1. The van der Waals surface area contributed by atoms with Crippen LogP contribution in [0.2, 0.25) is 0 Å². The first kappa shape index (κ1) is 12.3. The first-order valence-corrected chi connectivity index (χ1v) is 5.32. The van der Waals surface area contributed by atoms with Crippen LogP contribution in [0.4, 0.5) is 4.39 Å². The summed E-state index contributed by atoms with van der Waals surface area (Å²) in [5, 5.41) is 13.5. The van der Waals surface area contributed by atoms with Gasteiger partial charge in [0, 0.05) is 11.8 Å². The highest BCUT2D eigenvalue weighted by molar-refractivity contribution is 5.92. The van der Waals surface area contributed by atoms with Crippen molar-refractivity contribution in [1.82, 2.24) is 9.78 Å². The predicted molar refractivity (Wildman–Crippen MR) is 62.7 cm³/mol. The molecule has 0 saturated heterocycles. The average molecular weight is 249 g/mol. The minimum Gasteiger partial charge on any atom is -0.389 e. The van der Waals surface area contributed by atoms with Crippen LogP contribution in [0.3, 0.4) is 0 Å². The molecule has 0 aliphatic rings. The minimum absolute atomic E-state index is 0.122. The Morgan fingerprint density at radius 2 is 2.28 bits per heavy atom. The lowest BCUT2D eigenvalue weighted by Gasteiger charge is -2.12.